The van der Waals surface area contributed by atoms with E-state index in [0.717, 1.165) is 0 Å². The molecule has 23 heavy (non-hydrogen) atoms. The maximum atomic E-state index is 11.7. The monoisotopic (exact) mass is 316 g/mol. The van der Waals surface area contributed by atoms with Gasteiger partial charge in [-0.25, -0.2) is 9.59 Å². The van der Waals surface area contributed by atoms with Gasteiger partial charge in [-0.05, 0) is 36.4 Å². The summed E-state index contributed by atoms with van der Waals surface area (Å²) < 4.78 is 10.0. The second-order valence-corrected chi connectivity index (χ2v) is 4.73. The number of carbonyl (C=O) groups excluding carboxylic acids is 2. The van der Waals surface area contributed by atoms with Crippen molar-refractivity contribution in [2.24, 2.45) is 0 Å². The fourth-order valence-electron chi connectivity index (χ4n) is 1.82. The van der Waals surface area contributed by atoms with Gasteiger partial charge in [-0.2, -0.15) is 0 Å². The summed E-state index contributed by atoms with van der Waals surface area (Å²) in [7, 11) is 0. The molecule has 0 radical (unpaired) electrons. The van der Waals surface area contributed by atoms with Crippen molar-refractivity contribution >= 4 is 11.9 Å². The maximum Gasteiger partial charge on any atom is 0.338 e. The molecule has 0 aliphatic heterocycles. The number of esters is 2. The number of rotatable bonds is 6. The lowest BCUT2D eigenvalue weighted by Gasteiger charge is -2.07. The summed E-state index contributed by atoms with van der Waals surface area (Å²) >= 11 is 0. The molecule has 0 amide bonds. The molecule has 0 saturated carbocycles. The maximum absolute atomic E-state index is 11.7. The molecule has 6 nitrogen and oxygen atoms in total. The molecule has 120 valence electrons. The zero-order valence-electron chi connectivity index (χ0n) is 12.3. The molecule has 0 aromatic heterocycles. The highest BCUT2D eigenvalue weighted by atomic mass is 16.5. The summed E-state index contributed by atoms with van der Waals surface area (Å²) in [5.41, 5.74) is 0.503. The first kappa shape index (κ1) is 16.4. The van der Waals surface area contributed by atoms with Crippen molar-refractivity contribution in [2.45, 2.75) is 6.42 Å². The first-order valence-corrected chi connectivity index (χ1v) is 6.98. The van der Waals surface area contributed by atoms with Crippen molar-refractivity contribution in [1.29, 1.82) is 0 Å². The molecule has 2 N–H and O–H groups in total. The predicted octanol–water partition coefficient (Wildman–Crippen LogP) is 2.50. The van der Waals surface area contributed by atoms with Crippen LogP contribution in [0.5, 0.6) is 11.5 Å². The van der Waals surface area contributed by atoms with E-state index in [1.807, 2.05) is 0 Å². The standard InChI is InChI=1S/C17H16O6/c18-14-6-1-4-12(10-14)16(20)22-8-3-9-23-17(21)13-5-2-7-15(19)11-13/h1-2,4-7,10-11,18-19H,3,8-9H2. The van der Waals surface area contributed by atoms with Crippen LogP contribution in [0.15, 0.2) is 48.5 Å². The predicted molar refractivity (Wildman–Crippen MR) is 81.4 cm³/mol. The molecule has 0 saturated heterocycles. The second kappa shape index (κ2) is 7.84. The van der Waals surface area contributed by atoms with E-state index in [9.17, 15) is 19.8 Å². The van der Waals surface area contributed by atoms with Crippen LogP contribution in [0.1, 0.15) is 27.1 Å². The number of hydrogen-bond acceptors (Lipinski definition) is 6. The molecule has 0 bridgehead atoms. The molecule has 0 fully saturated rings. The Bertz CT molecular complexity index is 635. The van der Waals surface area contributed by atoms with Crippen LogP contribution >= 0.6 is 0 Å². The Hall–Kier alpha value is -3.02. The average molecular weight is 316 g/mol. The van der Waals surface area contributed by atoms with E-state index in [1.54, 1.807) is 12.1 Å². The third-order valence-corrected chi connectivity index (χ3v) is 2.92. The highest BCUT2D eigenvalue weighted by Gasteiger charge is 2.09. The number of carbonyl (C=O) groups is 2. The fourth-order valence-corrected chi connectivity index (χ4v) is 1.82. The van der Waals surface area contributed by atoms with Crippen molar-refractivity contribution in [1.82, 2.24) is 0 Å². The van der Waals surface area contributed by atoms with Gasteiger partial charge in [-0.15, -0.1) is 0 Å². The number of benzene rings is 2. The SMILES string of the molecule is O=C(OCCCOC(=O)c1cccc(O)c1)c1cccc(O)c1. The largest absolute Gasteiger partial charge is 0.508 e. The van der Waals surface area contributed by atoms with E-state index < -0.39 is 11.9 Å². The molecule has 2 aromatic carbocycles. The lowest BCUT2D eigenvalue weighted by atomic mass is 10.2. The van der Waals surface area contributed by atoms with Crippen LogP contribution in [-0.2, 0) is 9.47 Å². The smallest absolute Gasteiger partial charge is 0.338 e. The fraction of sp³-hybridized carbons (Fsp3) is 0.176. The molecule has 0 unspecified atom stereocenters. The Balaban J connectivity index is 1.69. The van der Waals surface area contributed by atoms with E-state index in [2.05, 4.69) is 0 Å². The van der Waals surface area contributed by atoms with E-state index >= 15 is 0 Å². The molecular weight excluding hydrogens is 300 g/mol. The normalized spacial score (nSPS) is 10.1. The van der Waals surface area contributed by atoms with E-state index in [1.165, 1.54) is 36.4 Å². The zero-order chi connectivity index (χ0) is 16.7. The van der Waals surface area contributed by atoms with Crippen LogP contribution in [0, 0.1) is 0 Å². The van der Waals surface area contributed by atoms with Gasteiger partial charge in [0.15, 0.2) is 0 Å². The quantitative estimate of drug-likeness (QED) is 0.628. The minimum atomic E-state index is -0.555. The molecule has 2 aromatic rings. The van der Waals surface area contributed by atoms with Crippen molar-refractivity contribution in [3.8, 4) is 11.5 Å². The lowest BCUT2D eigenvalue weighted by Crippen LogP contribution is -2.11. The Kier molecular flexibility index (Phi) is 5.57. The van der Waals surface area contributed by atoms with Crippen molar-refractivity contribution < 1.29 is 29.3 Å². The first-order chi connectivity index (χ1) is 11.1. The zero-order valence-corrected chi connectivity index (χ0v) is 12.3. The number of phenols is 2. The number of ether oxygens (including phenoxy) is 2. The Morgan fingerprint density at radius 3 is 1.61 bits per heavy atom. The topological polar surface area (TPSA) is 93.1 Å². The summed E-state index contributed by atoms with van der Waals surface area (Å²) in [5, 5.41) is 18.6. The highest BCUT2D eigenvalue weighted by Crippen LogP contribution is 2.13. The van der Waals surface area contributed by atoms with E-state index in [4.69, 9.17) is 9.47 Å². The van der Waals surface area contributed by atoms with Crippen molar-refractivity contribution in [3.63, 3.8) is 0 Å². The summed E-state index contributed by atoms with van der Waals surface area (Å²) in [6, 6.07) is 11.7. The summed E-state index contributed by atoms with van der Waals surface area (Å²) in [6.45, 7) is 0.170. The molecule has 6 heteroatoms. The molecule has 0 aliphatic carbocycles. The van der Waals surface area contributed by atoms with Crippen LogP contribution in [0.2, 0.25) is 0 Å². The van der Waals surface area contributed by atoms with Crippen LogP contribution in [0.4, 0.5) is 0 Å². The molecule has 0 spiro atoms. The Morgan fingerprint density at radius 2 is 1.22 bits per heavy atom. The Labute approximate surface area is 132 Å². The van der Waals surface area contributed by atoms with Gasteiger partial charge >= 0.3 is 11.9 Å². The second-order valence-electron chi connectivity index (χ2n) is 4.73. The van der Waals surface area contributed by atoms with Crippen molar-refractivity contribution in [3.05, 3.63) is 59.7 Å². The molecule has 0 heterocycles. The molecular formula is C17H16O6. The molecule has 0 aliphatic rings. The van der Waals surface area contributed by atoms with Crippen LogP contribution in [0.25, 0.3) is 0 Å². The van der Waals surface area contributed by atoms with Gasteiger partial charge < -0.3 is 19.7 Å². The summed E-state index contributed by atoms with van der Waals surface area (Å²) in [4.78, 5) is 23.4. The van der Waals surface area contributed by atoms with Gasteiger partial charge in [-0.1, -0.05) is 12.1 Å². The first-order valence-electron chi connectivity index (χ1n) is 6.98. The van der Waals surface area contributed by atoms with Gasteiger partial charge in [0.25, 0.3) is 0 Å². The third kappa shape index (κ3) is 5.03. The molecule has 0 atom stereocenters. The summed E-state index contributed by atoms with van der Waals surface area (Å²) in [5.74, 6) is -1.14. The van der Waals surface area contributed by atoms with Gasteiger partial charge in [0, 0.05) is 6.42 Å². The number of aromatic hydroxyl groups is 2. The minimum absolute atomic E-state index is 0.0144. The van der Waals surface area contributed by atoms with Gasteiger partial charge in [0.05, 0.1) is 24.3 Å². The van der Waals surface area contributed by atoms with Crippen molar-refractivity contribution in [2.75, 3.05) is 13.2 Å². The van der Waals surface area contributed by atoms with E-state index in [-0.39, 0.29) is 35.8 Å². The van der Waals surface area contributed by atoms with Gasteiger partial charge in [-0.3, -0.25) is 0 Å². The third-order valence-electron chi connectivity index (χ3n) is 2.92. The van der Waals surface area contributed by atoms with Gasteiger partial charge in [0.1, 0.15) is 11.5 Å². The van der Waals surface area contributed by atoms with Gasteiger partial charge in [0.2, 0.25) is 0 Å². The lowest BCUT2D eigenvalue weighted by molar-refractivity contribution is 0.0395. The van der Waals surface area contributed by atoms with Crippen LogP contribution in [-0.4, -0.2) is 35.4 Å². The average Bonchev–Trinajstić information content (AvgIpc) is 2.54. The molecule has 2 rings (SSSR count). The van der Waals surface area contributed by atoms with Crippen LogP contribution < -0.4 is 0 Å². The number of phenolic OH excluding ortho intramolecular Hbond substituents is 2. The number of hydrogen-bond donors (Lipinski definition) is 2. The minimum Gasteiger partial charge on any atom is -0.508 e. The van der Waals surface area contributed by atoms with Crippen LogP contribution in [0.3, 0.4) is 0 Å². The van der Waals surface area contributed by atoms with E-state index in [0.29, 0.717) is 6.42 Å². The summed E-state index contributed by atoms with van der Waals surface area (Å²) in [6.07, 6.45) is 0.342. The highest BCUT2D eigenvalue weighted by molar-refractivity contribution is 5.90. The Morgan fingerprint density at radius 1 is 0.783 bits per heavy atom.